The van der Waals surface area contributed by atoms with Gasteiger partial charge in [0.25, 0.3) is 0 Å². The first-order chi connectivity index (χ1) is 7.72. The number of aromatic nitrogens is 1. The van der Waals surface area contributed by atoms with Crippen LogP contribution >= 0.6 is 0 Å². The molecule has 0 aliphatic carbocycles. The Bertz CT molecular complexity index is 519. The van der Waals surface area contributed by atoms with Gasteiger partial charge < -0.3 is 9.67 Å². The number of allylic oxidation sites excluding steroid dienone is 2. The van der Waals surface area contributed by atoms with Crippen molar-refractivity contribution < 1.29 is 5.11 Å². The standard InChI is InChI=1S/C14H17NO/c1-11(2)7-8-15-9-12(10-16)13-5-3-4-6-14(13)15/h3-7,9,16H,8,10H2,1-2H3. The van der Waals surface area contributed by atoms with Gasteiger partial charge in [-0.05, 0) is 19.9 Å². The van der Waals surface area contributed by atoms with Gasteiger partial charge in [-0.25, -0.2) is 0 Å². The van der Waals surface area contributed by atoms with Gasteiger partial charge in [0.2, 0.25) is 0 Å². The van der Waals surface area contributed by atoms with Crippen molar-refractivity contribution in [2.75, 3.05) is 0 Å². The lowest BCUT2D eigenvalue weighted by Gasteiger charge is -2.01. The van der Waals surface area contributed by atoms with E-state index in [-0.39, 0.29) is 6.61 Å². The normalized spacial score (nSPS) is 10.7. The van der Waals surface area contributed by atoms with E-state index >= 15 is 0 Å². The van der Waals surface area contributed by atoms with Crippen molar-refractivity contribution in [3.8, 4) is 0 Å². The highest BCUT2D eigenvalue weighted by Crippen LogP contribution is 2.21. The Labute approximate surface area is 95.8 Å². The summed E-state index contributed by atoms with van der Waals surface area (Å²) in [6, 6.07) is 8.18. The number of rotatable bonds is 3. The Morgan fingerprint density at radius 2 is 2.06 bits per heavy atom. The second kappa shape index (κ2) is 4.54. The van der Waals surface area contributed by atoms with Gasteiger partial charge in [-0.3, -0.25) is 0 Å². The number of aliphatic hydroxyl groups excluding tert-OH is 1. The van der Waals surface area contributed by atoms with E-state index in [0.717, 1.165) is 17.5 Å². The maximum atomic E-state index is 9.30. The predicted octanol–water partition coefficient (Wildman–Crippen LogP) is 3.10. The number of hydrogen-bond donors (Lipinski definition) is 1. The summed E-state index contributed by atoms with van der Waals surface area (Å²) in [6.07, 6.45) is 4.22. The van der Waals surface area contributed by atoms with Gasteiger partial charge in [-0.1, -0.05) is 29.8 Å². The average Bonchev–Trinajstić information content (AvgIpc) is 2.65. The molecule has 0 spiro atoms. The molecule has 0 radical (unpaired) electrons. The summed E-state index contributed by atoms with van der Waals surface area (Å²) >= 11 is 0. The Balaban J connectivity index is 2.49. The Hall–Kier alpha value is -1.54. The largest absolute Gasteiger partial charge is 0.392 e. The smallest absolute Gasteiger partial charge is 0.0702 e. The summed E-state index contributed by atoms with van der Waals surface area (Å²) in [7, 11) is 0. The predicted molar refractivity (Wildman–Crippen MR) is 67.3 cm³/mol. The second-order valence-corrected chi connectivity index (χ2v) is 4.26. The van der Waals surface area contributed by atoms with Crippen LogP contribution in [0.25, 0.3) is 10.9 Å². The van der Waals surface area contributed by atoms with Crippen LogP contribution in [0.2, 0.25) is 0 Å². The number of hydrogen-bond acceptors (Lipinski definition) is 1. The van der Waals surface area contributed by atoms with E-state index in [4.69, 9.17) is 0 Å². The molecular weight excluding hydrogens is 198 g/mol. The lowest BCUT2D eigenvalue weighted by Crippen LogP contribution is -1.92. The van der Waals surface area contributed by atoms with Crippen LogP contribution < -0.4 is 0 Å². The summed E-state index contributed by atoms with van der Waals surface area (Å²) in [5.74, 6) is 0. The van der Waals surface area contributed by atoms with Gasteiger partial charge in [0.05, 0.1) is 6.61 Å². The molecule has 2 nitrogen and oxygen atoms in total. The van der Waals surface area contributed by atoms with Gasteiger partial charge in [0.1, 0.15) is 0 Å². The molecule has 1 aromatic carbocycles. The van der Waals surface area contributed by atoms with Gasteiger partial charge in [0, 0.05) is 29.2 Å². The highest BCUT2D eigenvalue weighted by Gasteiger charge is 2.05. The summed E-state index contributed by atoms with van der Waals surface area (Å²) < 4.78 is 2.17. The van der Waals surface area contributed by atoms with E-state index in [1.165, 1.54) is 11.1 Å². The molecule has 1 N–H and O–H groups in total. The number of aliphatic hydroxyl groups is 1. The van der Waals surface area contributed by atoms with E-state index < -0.39 is 0 Å². The summed E-state index contributed by atoms with van der Waals surface area (Å²) in [6.45, 7) is 5.16. The van der Waals surface area contributed by atoms with Gasteiger partial charge in [-0.15, -0.1) is 0 Å². The first-order valence-corrected chi connectivity index (χ1v) is 5.53. The lowest BCUT2D eigenvalue weighted by atomic mass is 10.2. The Kier molecular flexibility index (Phi) is 3.11. The van der Waals surface area contributed by atoms with Gasteiger partial charge in [-0.2, -0.15) is 0 Å². The van der Waals surface area contributed by atoms with Crippen molar-refractivity contribution >= 4 is 10.9 Å². The maximum Gasteiger partial charge on any atom is 0.0702 e. The quantitative estimate of drug-likeness (QED) is 0.782. The minimum atomic E-state index is 0.0995. The molecule has 16 heavy (non-hydrogen) atoms. The molecule has 0 saturated heterocycles. The van der Waals surface area contributed by atoms with Crippen LogP contribution in [0.5, 0.6) is 0 Å². The first kappa shape index (κ1) is 11.0. The zero-order valence-electron chi connectivity index (χ0n) is 9.77. The summed E-state index contributed by atoms with van der Waals surface area (Å²) in [4.78, 5) is 0. The van der Waals surface area contributed by atoms with Crippen LogP contribution in [0.1, 0.15) is 19.4 Å². The summed E-state index contributed by atoms with van der Waals surface area (Å²) in [5, 5.41) is 10.4. The van der Waals surface area contributed by atoms with Crippen LogP contribution in [0.4, 0.5) is 0 Å². The van der Waals surface area contributed by atoms with Gasteiger partial charge >= 0.3 is 0 Å². The Morgan fingerprint density at radius 1 is 1.31 bits per heavy atom. The molecular formula is C14H17NO. The second-order valence-electron chi connectivity index (χ2n) is 4.26. The molecule has 1 aromatic heterocycles. The van der Waals surface area contributed by atoms with Crippen molar-refractivity contribution in [1.29, 1.82) is 0 Å². The van der Waals surface area contributed by atoms with Crippen molar-refractivity contribution in [2.45, 2.75) is 27.0 Å². The fraction of sp³-hybridized carbons (Fsp3) is 0.286. The van der Waals surface area contributed by atoms with Crippen LogP contribution in [0, 0.1) is 0 Å². The zero-order valence-corrected chi connectivity index (χ0v) is 9.77. The highest BCUT2D eigenvalue weighted by molar-refractivity contribution is 5.83. The lowest BCUT2D eigenvalue weighted by molar-refractivity contribution is 0.283. The third-order valence-corrected chi connectivity index (χ3v) is 2.74. The Morgan fingerprint density at radius 3 is 2.75 bits per heavy atom. The SMILES string of the molecule is CC(C)=CCn1cc(CO)c2ccccc21. The molecule has 0 aliphatic rings. The third-order valence-electron chi connectivity index (χ3n) is 2.74. The van der Waals surface area contributed by atoms with Crippen molar-refractivity contribution in [2.24, 2.45) is 0 Å². The molecule has 0 bridgehead atoms. The summed E-state index contributed by atoms with van der Waals surface area (Å²) in [5.41, 5.74) is 3.49. The van der Waals surface area contributed by atoms with E-state index in [2.05, 4.69) is 36.6 Å². The molecule has 1 heterocycles. The number of para-hydroxylation sites is 1. The fourth-order valence-corrected chi connectivity index (χ4v) is 1.88. The van der Waals surface area contributed by atoms with E-state index in [0.29, 0.717) is 0 Å². The molecule has 0 fully saturated rings. The zero-order chi connectivity index (χ0) is 11.5. The molecule has 2 rings (SSSR count). The first-order valence-electron chi connectivity index (χ1n) is 5.53. The van der Waals surface area contributed by atoms with Crippen LogP contribution in [-0.2, 0) is 13.2 Å². The molecule has 84 valence electrons. The highest BCUT2D eigenvalue weighted by atomic mass is 16.3. The molecule has 0 atom stereocenters. The van der Waals surface area contributed by atoms with E-state index in [1.54, 1.807) is 0 Å². The molecule has 0 aliphatic heterocycles. The topological polar surface area (TPSA) is 25.2 Å². The molecule has 0 amide bonds. The molecule has 2 heteroatoms. The third kappa shape index (κ3) is 2.02. The van der Waals surface area contributed by atoms with Crippen molar-refractivity contribution in [1.82, 2.24) is 4.57 Å². The van der Waals surface area contributed by atoms with Crippen LogP contribution in [0.3, 0.4) is 0 Å². The van der Waals surface area contributed by atoms with Gasteiger partial charge in [0.15, 0.2) is 0 Å². The van der Waals surface area contributed by atoms with Crippen molar-refractivity contribution in [3.63, 3.8) is 0 Å². The fourth-order valence-electron chi connectivity index (χ4n) is 1.88. The van der Waals surface area contributed by atoms with E-state index in [9.17, 15) is 5.11 Å². The molecule has 2 aromatic rings. The van der Waals surface area contributed by atoms with E-state index in [1.807, 2.05) is 18.3 Å². The minimum Gasteiger partial charge on any atom is -0.392 e. The number of benzene rings is 1. The van der Waals surface area contributed by atoms with Crippen molar-refractivity contribution in [3.05, 3.63) is 47.7 Å². The molecule has 0 unspecified atom stereocenters. The number of fused-ring (bicyclic) bond motifs is 1. The maximum absolute atomic E-state index is 9.30. The molecule has 0 saturated carbocycles. The number of nitrogens with zero attached hydrogens (tertiary/aromatic N) is 1. The average molecular weight is 215 g/mol. The van der Waals surface area contributed by atoms with Crippen LogP contribution in [0.15, 0.2) is 42.1 Å². The minimum absolute atomic E-state index is 0.0995. The van der Waals surface area contributed by atoms with Crippen LogP contribution in [-0.4, -0.2) is 9.67 Å². The monoisotopic (exact) mass is 215 g/mol.